The van der Waals surface area contributed by atoms with Gasteiger partial charge in [0, 0.05) is 45.9 Å². The number of hydrogen-bond acceptors (Lipinski definition) is 17. The van der Waals surface area contributed by atoms with Crippen LogP contribution in [-0.4, -0.2) is 265 Å². The van der Waals surface area contributed by atoms with E-state index in [-0.39, 0.29) is 107 Å². The first-order valence-electron chi connectivity index (χ1n) is 42.8. The lowest BCUT2D eigenvalue weighted by Gasteiger charge is -2.42. The van der Waals surface area contributed by atoms with Crippen LogP contribution in [-0.2, 0) is 76.7 Å². The molecule has 1 aliphatic carbocycles. The van der Waals surface area contributed by atoms with Crippen LogP contribution in [0.15, 0.2) is 0 Å². The van der Waals surface area contributed by atoms with Crippen molar-refractivity contribution in [2.45, 2.75) is 335 Å². The summed E-state index contributed by atoms with van der Waals surface area (Å²) in [5.74, 6) is -8.43. The van der Waals surface area contributed by atoms with Crippen LogP contribution < -0.4 is 69.1 Å². The topological polar surface area (TPSA) is 445 Å². The molecule has 16 amide bonds. The molecule has 34 heteroatoms. The molecule has 0 spiro atoms. The second kappa shape index (κ2) is 41.1. The molecule has 0 unspecified atom stereocenters. The molecule has 6 aliphatic rings. The highest BCUT2D eigenvalue weighted by Crippen LogP contribution is 2.37. The molecule has 5 aliphatic heterocycles. The van der Waals surface area contributed by atoms with E-state index in [1.165, 1.54) is 69.0 Å². The van der Waals surface area contributed by atoms with Gasteiger partial charge < -0.3 is 83.8 Å². The van der Waals surface area contributed by atoms with Gasteiger partial charge in [0.1, 0.15) is 75.5 Å². The number of nitrogens with one attached hydrogen (secondary N) is 13. The molecular weight excluding hydrogens is 1510 g/mol. The smallest absolute Gasteiger partial charge is 0.248 e. The number of nitrogens with zero attached hydrogens (tertiary/aromatic N) is 5. The molecule has 4 fully saturated rings. The lowest BCUT2D eigenvalue weighted by Crippen LogP contribution is -2.68. The van der Waals surface area contributed by atoms with Gasteiger partial charge in [-0.1, -0.05) is 69.2 Å². The summed E-state index contributed by atoms with van der Waals surface area (Å²) in [4.78, 5) is 229. The number of piperidine rings is 2. The van der Waals surface area contributed by atoms with E-state index in [1.54, 1.807) is 41.5 Å². The largest absolute Gasteiger partial charge is 0.354 e. The molecule has 6 rings (SSSR count). The van der Waals surface area contributed by atoms with Gasteiger partial charge in [0.15, 0.2) is 0 Å². The summed E-state index contributed by atoms with van der Waals surface area (Å²) in [5, 5.41) is 36.2. The molecule has 658 valence electrons. The molecule has 0 radical (unpaired) electrons. The Morgan fingerprint density at radius 2 is 0.983 bits per heavy atom. The van der Waals surface area contributed by atoms with Crippen LogP contribution in [0.25, 0.3) is 0 Å². The zero-order chi connectivity index (χ0) is 87.7. The summed E-state index contributed by atoms with van der Waals surface area (Å²) in [6, 6.07) is -5.19. The van der Waals surface area contributed by atoms with Crippen LogP contribution in [0.3, 0.4) is 0 Å². The van der Waals surface area contributed by atoms with Crippen molar-refractivity contribution in [1.82, 2.24) is 88.7 Å². The van der Waals surface area contributed by atoms with Gasteiger partial charge in [0.25, 0.3) is 0 Å². The van der Waals surface area contributed by atoms with Gasteiger partial charge in [-0.3, -0.25) is 86.2 Å². The van der Waals surface area contributed by atoms with Crippen LogP contribution in [0, 0.1) is 23.7 Å². The van der Waals surface area contributed by atoms with Crippen molar-refractivity contribution in [3.8, 4) is 0 Å². The van der Waals surface area contributed by atoms with E-state index in [0.29, 0.717) is 44.7 Å². The van der Waals surface area contributed by atoms with Crippen LogP contribution in [0.2, 0.25) is 0 Å². The third-order valence-electron chi connectivity index (χ3n) is 24.0. The summed E-state index contributed by atoms with van der Waals surface area (Å²) >= 11 is 0. The van der Waals surface area contributed by atoms with Crippen molar-refractivity contribution < 1.29 is 81.3 Å². The van der Waals surface area contributed by atoms with E-state index in [4.69, 9.17) is 0 Å². The fraction of sp³-hybridized carbons (Fsp3) is 0.795. The SMILES string of the molecule is CC[C@](C)(NC(=O)[C@H](CC(C)C)NC(=O)CNC(=O)C(C)(C)NC(=O)[C@@H]1[C@@H](C)CCN1C(=O)C(C)(C)NC(=O)C1(NC(=O)CNC(=O)CCNC(=O)[C@H](CC(C)C)NC(=O)[C@](C)(CC)NC(=O)[C@](C)(CC)NC(=O)[C@@H]2CCCCN2C(=O)C(C)(C)NC(=O)[C@@H]2CCCCN2C(C)=O)CC1)C(=O)N[C@@H](CC(C)C)CN1CCC[N+]2=C1CCC2. The molecule has 10 atom stereocenters. The molecule has 3 saturated heterocycles. The average Bonchev–Trinajstić information content (AvgIpc) is 1.63. The zero-order valence-corrected chi connectivity index (χ0v) is 73.5. The van der Waals surface area contributed by atoms with Gasteiger partial charge in [-0.15, -0.1) is 0 Å². The van der Waals surface area contributed by atoms with E-state index in [1.807, 2.05) is 34.6 Å². The molecule has 117 heavy (non-hydrogen) atoms. The Hall–Kier alpha value is -9.01. The molecule has 13 N–H and O–H groups in total. The van der Waals surface area contributed by atoms with E-state index in [0.717, 1.165) is 58.2 Å². The standard InChI is InChI=1S/C83H140N18O16/c1-21-80(18,71(112)87-55(44-50(4)5)49-98-40-29-39-97-38-28-32-63(97)98)93-66(107)57(46-52(8)9)88-61(104)47-86-70(111)77(12,13)92-69(110)64-53(10)34-43-101(64)76(117)79(16,17)95-74(115)83(35-36-83)90-62(105)48-85-60(103)33-37-84-65(106)56(45-51(6)7)89-72(113)81(19,22-2)96-73(114)82(20,23-3)94-68(109)59-31-25-27-42-100(59)75(116)78(14,15)91-67(108)58-30-24-26-41-99(58)54(11)102/h50-53,55-59,64H,21-49H2,1-20H3,(H12-,84,85,86,87,88,89,90,91,92,93,94,95,96,103,104,105,106,107,108,109,110,111,112,113,114,115)/p+1/t53-,55-,56-,57-,58-,59-,64-,80-,81-,82-/m0/s1. The number of rotatable bonds is 40. The molecule has 0 aromatic carbocycles. The Labute approximate surface area is 692 Å². The number of carbonyl (C=O) groups is 16. The molecular formula is C83H141N18O16+. The first-order valence-corrected chi connectivity index (χ1v) is 42.8. The van der Waals surface area contributed by atoms with Crippen molar-refractivity contribution in [2.24, 2.45) is 23.7 Å². The van der Waals surface area contributed by atoms with Gasteiger partial charge in [0.05, 0.1) is 45.2 Å². The minimum Gasteiger partial charge on any atom is -0.354 e. The summed E-state index contributed by atoms with van der Waals surface area (Å²) in [6.07, 6.45) is 8.63. The Morgan fingerprint density at radius 3 is 1.56 bits per heavy atom. The third-order valence-corrected chi connectivity index (χ3v) is 24.0. The second-order valence-electron chi connectivity index (χ2n) is 36.9. The summed E-state index contributed by atoms with van der Waals surface area (Å²) < 4.78 is 2.43. The molecule has 0 aromatic heterocycles. The Balaban J connectivity index is 0.948. The highest BCUT2D eigenvalue weighted by Gasteiger charge is 2.55. The average molecular weight is 1650 g/mol. The van der Waals surface area contributed by atoms with Crippen molar-refractivity contribution in [2.75, 3.05) is 65.4 Å². The summed E-state index contributed by atoms with van der Waals surface area (Å²) in [6.45, 7) is 36.7. The van der Waals surface area contributed by atoms with Crippen LogP contribution in [0.5, 0.6) is 0 Å². The molecule has 34 nitrogen and oxygen atoms in total. The maximum atomic E-state index is 14.5. The highest BCUT2D eigenvalue weighted by atomic mass is 16.2. The molecule has 0 bridgehead atoms. The van der Waals surface area contributed by atoms with Gasteiger partial charge >= 0.3 is 0 Å². The van der Waals surface area contributed by atoms with E-state index in [2.05, 4.69) is 92.4 Å². The maximum Gasteiger partial charge on any atom is 0.248 e. The van der Waals surface area contributed by atoms with Crippen molar-refractivity contribution in [1.29, 1.82) is 0 Å². The first-order chi connectivity index (χ1) is 54.5. The number of amides is 16. The predicted octanol–water partition coefficient (Wildman–Crippen LogP) is 1.44. The van der Waals surface area contributed by atoms with Crippen LogP contribution in [0.4, 0.5) is 0 Å². The van der Waals surface area contributed by atoms with Crippen LogP contribution >= 0.6 is 0 Å². The van der Waals surface area contributed by atoms with E-state index >= 15 is 0 Å². The van der Waals surface area contributed by atoms with Crippen molar-refractivity contribution >= 4 is 100 Å². The zero-order valence-electron chi connectivity index (χ0n) is 73.5. The fourth-order valence-electron chi connectivity index (χ4n) is 16.0. The maximum absolute atomic E-state index is 14.5. The van der Waals surface area contributed by atoms with Gasteiger partial charge in [-0.25, -0.2) is 0 Å². The minimum atomic E-state index is -1.63. The summed E-state index contributed by atoms with van der Waals surface area (Å²) in [7, 11) is 0. The monoisotopic (exact) mass is 1650 g/mol. The lowest BCUT2D eigenvalue weighted by atomic mass is 9.90. The molecule has 5 heterocycles. The van der Waals surface area contributed by atoms with Crippen LogP contribution in [0.1, 0.15) is 260 Å². The Bertz CT molecular complexity index is 3700. The quantitative estimate of drug-likeness (QED) is 0.0386. The van der Waals surface area contributed by atoms with Gasteiger partial charge in [0.2, 0.25) is 100 Å². The number of likely N-dealkylation sites (tertiary alicyclic amines) is 3. The first kappa shape index (κ1) is 96.8. The minimum absolute atomic E-state index is 0.0520. The third kappa shape index (κ3) is 26.0. The predicted molar refractivity (Wildman–Crippen MR) is 439 cm³/mol. The van der Waals surface area contributed by atoms with Crippen molar-refractivity contribution in [3.05, 3.63) is 0 Å². The number of amidine groups is 1. The van der Waals surface area contributed by atoms with Crippen molar-refractivity contribution in [3.63, 3.8) is 0 Å². The summed E-state index contributed by atoms with van der Waals surface area (Å²) in [5.41, 5.74) is -10.7. The second-order valence-corrected chi connectivity index (χ2v) is 36.9. The highest BCUT2D eigenvalue weighted by molar-refractivity contribution is 6.03. The number of hydrogen-bond donors (Lipinski definition) is 13. The van der Waals surface area contributed by atoms with E-state index in [9.17, 15) is 76.7 Å². The Morgan fingerprint density at radius 1 is 0.470 bits per heavy atom. The fourth-order valence-corrected chi connectivity index (χ4v) is 16.0. The molecule has 1 saturated carbocycles. The lowest BCUT2D eigenvalue weighted by molar-refractivity contribution is -0.530. The Kier molecular flexibility index (Phi) is 34.0. The number of carbonyl (C=O) groups excluding carboxylic acids is 16. The van der Waals surface area contributed by atoms with E-state index < -0.39 is 171 Å². The van der Waals surface area contributed by atoms with Gasteiger partial charge in [-0.2, -0.15) is 0 Å². The molecule has 0 aromatic rings. The normalized spacial score (nSPS) is 21.1. The van der Waals surface area contributed by atoms with Gasteiger partial charge in [-0.05, 0) is 189 Å².